The third kappa shape index (κ3) is 3.88. The minimum Gasteiger partial charge on any atom is -0.456 e. The highest BCUT2D eigenvalue weighted by molar-refractivity contribution is 9.10. The Hall–Kier alpha value is -4.05. The summed E-state index contributed by atoms with van der Waals surface area (Å²) < 4.78 is 6.27. The molecule has 1 fully saturated rings. The highest BCUT2D eigenvalue weighted by Gasteiger charge is 2.37. The zero-order valence-corrected chi connectivity index (χ0v) is 17.2. The van der Waals surface area contributed by atoms with E-state index in [0.717, 1.165) is 4.90 Å². The molecule has 4 rings (SSSR count). The number of nitrogens with one attached hydrogen (secondary N) is 1. The Morgan fingerprint density at radius 2 is 1.81 bits per heavy atom. The van der Waals surface area contributed by atoms with Crippen LogP contribution >= 0.6 is 15.9 Å². The van der Waals surface area contributed by atoms with Gasteiger partial charge in [-0.25, -0.2) is 9.69 Å². The predicted molar refractivity (Wildman–Crippen MR) is 114 cm³/mol. The van der Waals surface area contributed by atoms with Gasteiger partial charge in [-0.2, -0.15) is 0 Å². The number of benzene rings is 2. The van der Waals surface area contributed by atoms with Crippen molar-refractivity contribution in [2.45, 2.75) is 0 Å². The Labute approximate surface area is 183 Å². The highest BCUT2D eigenvalue weighted by Crippen LogP contribution is 2.32. The molecule has 0 aliphatic carbocycles. The van der Waals surface area contributed by atoms with Crippen molar-refractivity contribution in [3.63, 3.8) is 0 Å². The second-order valence-corrected chi connectivity index (χ2v) is 7.33. The molecule has 1 aliphatic rings. The van der Waals surface area contributed by atoms with Gasteiger partial charge in [0.1, 0.15) is 17.1 Å². The standard InChI is InChI=1S/C21H12BrN3O6/c22-12-4-3-5-13(10-12)24-20(27)16(19(26)23-21(24)28)11-14-8-9-18(31-14)15-6-1-2-7-17(15)25(29)30/h1-11H,(H,23,26,28)/b16-11-. The van der Waals surface area contributed by atoms with Crippen molar-refractivity contribution in [2.24, 2.45) is 0 Å². The fraction of sp³-hybridized carbons (Fsp3) is 0. The first kappa shape index (κ1) is 20.2. The summed E-state index contributed by atoms with van der Waals surface area (Å²) >= 11 is 3.28. The highest BCUT2D eigenvalue weighted by atomic mass is 79.9. The van der Waals surface area contributed by atoms with Crippen LogP contribution < -0.4 is 10.2 Å². The fourth-order valence-electron chi connectivity index (χ4n) is 3.07. The summed E-state index contributed by atoms with van der Waals surface area (Å²) in [5, 5.41) is 13.4. The Kier molecular flexibility index (Phi) is 5.22. The van der Waals surface area contributed by atoms with Crippen molar-refractivity contribution in [2.75, 3.05) is 4.90 Å². The molecule has 0 unspecified atom stereocenters. The lowest BCUT2D eigenvalue weighted by Crippen LogP contribution is -2.54. The van der Waals surface area contributed by atoms with Gasteiger partial charge in [0.05, 0.1) is 16.2 Å². The average molecular weight is 482 g/mol. The number of amides is 4. The number of halogens is 1. The third-order valence-electron chi connectivity index (χ3n) is 4.45. The van der Waals surface area contributed by atoms with Crippen molar-refractivity contribution >= 4 is 51.2 Å². The second kappa shape index (κ2) is 8.00. The number of para-hydroxylation sites is 1. The lowest BCUT2D eigenvalue weighted by Gasteiger charge is -2.26. The number of anilines is 1. The van der Waals surface area contributed by atoms with E-state index in [4.69, 9.17) is 4.42 Å². The van der Waals surface area contributed by atoms with Gasteiger partial charge in [0.2, 0.25) is 0 Å². The van der Waals surface area contributed by atoms with Crippen LogP contribution in [0.1, 0.15) is 5.76 Å². The number of carbonyl (C=O) groups excluding carboxylic acids is 3. The van der Waals surface area contributed by atoms with Crippen molar-refractivity contribution in [3.8, 4) is 11.3 Å². The summed E-state index contributed by atoms with van der Waals surface area (Å²) in [5.41, 5.74) is 0.0647. The Balaban J connectivity index is 1.70. The maximum absolute atomic E-state index is 12.9. The number of barbiturate groups is 1. The summed E-state index contributed by atoms with van der Waals surface area (Å²) in [4.78, 5) is 49.0. The molecule has 10 heteroatoms. The van der Waals surface area contributed by atoms with Gasteiger partial charge in [0.15, 0.2) is 0 Å². The number of furan rings is 1. The normalized spacial score (nSPS) is 15.3. The first-order chi connectivity index (χ1) is 14.8. The Morgan fingerprint density at radius 3 is 2.55 bits per heavy atom. The van der Waals surface area contributed by atoms with Crippen LogP contribution in [0, 0.1) is 10.1 Å². The van der Waals surface area contributed by atoms with Gasteiger partial charge >= 0.3 is 6.03 Å². The molecule has 0 spiro atoms. The van der Waals surface area contributed by atoms with Gasteiger partial charge in [-0.05, 0) is 42.5 Å². The van der Waals surface area contributed by atoms with Crippen LogP contribution in [-0.2, 0) is 9.59 Å². The molecule has 31 heavy (non-hydrogen) atoms. The molecule has 0 saturated carbocycles. The van der Waals surface area contributed by atoms with Crippen LogP contribution in [0.25, 0.3) is 17.4 Å². The van der Waals surface area contributed by atoms with E-state index >= 15 is 0 Å². The minimum atomic E-state index is -0.870. The summed E-state index contributed by atoms with van der Waals surface area (Å²) in [6.45, 7) is 0. The maximum atomic E-state index is 12.9. The molecule has 0 atom stereocenters. The van der Waals surface area contributed by atoms with E-state index in [-0.39, 0.29) is 34.0 Å². The summed E-state index contributed by atoms with van der Waals surface area (Å²) in [5.74, 6) is -1.38. The number of hydrogen-bond acceptors (Lipinski definition) is 6. The van der Waals surface area contributed by atoms with Crippen LogP contribution in [-0.4, -0.2) is 22.8 Å². The predicted octanol–water partition coefficient (Wildman–Crippen LogP) is 4.28. The smallest absolute Gasteiger partial charge is 0.335 e. The zero-order valence-electron chi connectivity index (χ0n) is 15.6. The molecular formula is C21H12BrN3O6. The van der Waals surface area contributed by atoms with Gasteiger partial charge in [-0.1, -0.05) is 34.1 Å². The molecule has 2 aromatic carbocycles. The van der Waals surface area contributed by atoms with Gasteiger partial charge < -0.3 is 4.42 Å². The van der Waals surface area contributed by atoms with E-state index < -0.39 is 22.8 Å². The summed E-state index contributed by atoms with van der Waals surface area (Å²) in [6, 6.07) is 14.6. The molecule has 4 amide bonds. The number of nitro benzene ring substituents is 1. The van der Waals surface area contributed by atoms with Crippen molar-refractivity contribution in [3.05, 3.63) is 86.6 Å². The van der Waals surface area contributed by atoms with Crippen LogP contribution in [0.4, 0.5) is 16.2 Å². The Morgan fingerprint density at radius 1 is 1.03 bits per heavy atom. The number of rotatable bonds is 4. The molecule has 154 valence electrons. The molecule has 0 radical (unpaired) electrons. The van der Waals surface area contributed by atoms with E-state index in [1.807, 2.05) is 0 Å². The van der Waals surface area contributed by atoms with Gasteiger partial charge in [-0.15, -0.1) is 0 Å². The van der Waals surface area contributed by atoms with E-state index in [1.165, 1.54) is 36.4 Å². The molecule has 3 aromatic rings. The minimum absolute atomic E-state index is 0.121. The first-order valence-electron chi connectivity index (χ1n) is 8.86. The number of nitrogens with zero attached hydrogens (tertiary/aromatic N) is 2. The first-order valence-corrected chi connectivity index (χ1v) is 9.65. The maximum Gasteiger partial charge on any atom is 0.335 e. The molecular weight excluding hydrogens is 470 g/mol. The molecule has 1 N–H and O–H groups in total. The quantitative estimate of drug-likeness (QED) is 0.256. The SMILES string of the molecule is O=C1NC(=O)N(c2cccc(Br)c2)C(=O)/C1=C\c1ccc(-c2ccccc2[N+](=O)[O-])o1. The van der Waals surface area contributed by atoms with Crippen LogP contribution in [0.15, 0.2) is 75.1 Å². The van der Waals surface area contributed by atoms with Gasteiger partial charge in [-0.3, -0.25) is 25.0 Å². The van der Waals surface area contributed by atoms with Gasteiger partial charge in [0, 0.05) is 10.5 Å². The Bertz CT molecular complexity index is 1280. The second-order valence-electron chi connectivity index (χ2n) is 6.41. The van der Waals surface area contributed by atoms with Crippen LogP contribution in [0.3, 0.4) is 0 Å². The lowest BCUT2D eigenvalue weighted by molar-refractivity contribution is -0.384. The number of imide groups is 2. The molecule has 1 saturated heterocycles. The third-order valence-corrected chi connectivity index (χ3v) is 4.94. The van der Waals surface area contributed by atoms with Crippen LogP contribution in [0.2, 0.25) is 0 Å². The van der Waals surface area contributed by atoms with E-state index in [1.54, 1.807) is 30.3 Å². The summed E-state index contributed by atoms with van der Waals surface area (Å²) in [6.07, 6.45) is 1.19. The molecule has 0 bridgehead atoms. The van der Waals surface area contributed by atoms with E-state index in [2.05, 4.69) is 21.2 Å². The number of urea groups is 1. The van der Waals surface area contributed by atoms with Gasteiger partial charge in [0.25, 0.3) is 17.5 Å². The van der Waals surface area contributed by atoms with E-state index in [0.29, 0.717) is 4.47 Å². The fourth-order valence-corrected chi connectivity index (χ4v) is 3.45. The van der Waals surface area contributed by atoms with Crippen molar-refractivity contribution in [1.29, 1.82) is 0 Å². The topological polar surface area (TPSA) is 123 Å². The van der Waals surface area contributed by atoms with Crippen molar-refractivity contribution in [1.82, 2.24) is 5.32 Å². The number of nitro groups is 1. The monoisotopic (exact) mass is 481 g/mol. The molecule has 2 heterocycles. The molecule has 9 nitrogen and oxygen atoms in total. The largest absolute Gasteiger partial charge is 0.456 e. The van der Waals surface area contributed by atoms with Crippen LogP contribution in [0.5, 0.6) is 0 Å². The van der Waals surface area contributed by atoms with E-state index in [9.17, 15) is 24.5 Å². The molecule has 1 aliphatic heterocycles. The number of hydrogen-bond donors (Lipinski definition) is 1. The van der Waals surface area contributed by atoms with Crippen molar-refractivity contribution < 1.29 is 23.7 Å². The number of carbonyl (C=O) groups is 3. The summed E-state index contributed by atoms with van der Waals surface area (Å²) in [7, 11) is 0. The lowest BCUT2D eigenvalue weighted by atomic mass is 10.1. The average Bonchev–Trinajstić information content (AvgIpc) is 3.19. The zero-order chi connectivity index (χ0) is 22.1. The molecule has 1 aromatic heterocycles.